The lowest BCUT2D eigenvalue weighted by Crippen LogP contribution is -2.22. The summed E-state index contributed by atoms with van der Waals surface area (Å²) in [6.07, 6.45) is 0. The van der Waals surface area contributed by atoms with Crippen LogP contribution < -0.4 is 16.0 Å². The molecule has 0 spiro atoms. The average molecular weight is 316 g/mol. The first-order chi connectivity index (χ1) is 8.54. The monoisotopic (exact) mass is 315 g/mol. The SMILES string of the molecule is CN(C)c1ccc(Br)cc1NC(=O)COCCN. The van der Waals surface area contributed by atoms with E-state index in [1.165, 1.54) is 0 Å². The number of nitrogens with two attached hydrogens (primary N) is 1. The Balaban J connectivity index is 2.70. The Morgan fingerprint density at radius 3 is 2.83 bits per heavy atom. The van der Waals surface area contributed by atoms with Gasteiger partial charge in [0.1, 0.15) is 6.61 Å². The summed E-state index contributed by atoms with van der Waals surface area (Å²) in [5.41, 5.74) is 6.96. The predicted octanol–water partition coefficient (Wildman–Crippen LogP) is 1.43. The number of ether oxygens (including phenoxy) is 1. The second kappa shape index (κ2) is 7.35. The van der Waals surface area contributed by atoms with Gasteiger partial charge < -0.3 is 20.7 Å². The third-order valence-corrected chi connectivity index (χ3v) is 2.70. The Kier molecular flexibility index (Phi) is 6.11. The van der Waals surface area contributed by atoms with Gasteiger partial charge in [0.25, 0.3) is 0 Å². The molecule has 6 heteroatoms. The molecule has 3 N–H and O–H groups in total. The van der Waals surface area contributed by atoms with E-state index in [1.54, 1.807) is 0 Å². The number of hydrogen-bond acceptors (Lipinski definition) is 4. The zero-order valence-electron chi connectivity index (χ0n) is 10.6. The van der Waals surface area contributed by atoms with E-state index in [-0.39, 0.29) is 12.5 Å². The molecule has 0 aliphatic heterocycles. The van der Waals surface area contributed by atoms with Crippen molar-refractivity contribution in [3.8, 4) is 0 Å². The van der Waals surface area contributed by atoms with Crippen LogP contribution in [0.5, 0.6) is 0 Å². The minimum absolute atomic E-state index is 0.0105. The average Bonchev–Trinajstić information content (AvgIpc) is 2.29. The molecule has 100 valence electrons. The van der Waals surface area contributed by atoms with Crippen molar-refractivity contribution in [1.29, 1.82) is 0 Å². The van der Waals surface area contributed by atoms with Crippen LogP contribution in [-0.2, 0) is 9.53 Å². The van der Waals surface area contributed by atoms with Crippen molar-refractivity contribution in [2.45, 2.75) is 0 Å². The molecule has 0 saturated heterocycles. The third kappa shape index (κ3) is 4.64. The molecule has 18 heavy (non-hydrogen) atoms. The van der Waals surface area contributed by atoms with Gasteiger partial charge in [0, 0.05) is 25.1 Å². The molecule has 0 atom stereocenters. The largest absolute Gasteiger partial charge is 0.376 e. The molecule has 1 rings (SSSR count). The maximum Gasteiger partial charge on any atom is 0.250 e. The van der Waals surface area contributed by atoms with E-state index in [2.05, 4.69) is 21.2 Å². The lowest BCUT2D eigenvalue weighted by Gasteiger charge is -2.18. The van der Waals surface area contributed by atoms with Crippen LogP contribution in [0.25, 0.3) is 0 Å². The number of benzene rings is 1. The number of rotatable bonds is 6. The van der Waals surface area contributed by atoms with Gasteiger partial charge in [-0.2, -0.15) is 0 Å². The Labute approximate surface area is 115 Å². The molecule has 1 aromatic rings. The van der Waals surface area contributed by atoms with Crippen LogP contribution in [-0.4, -0.2) is 39.8 Å². The van der Waals surface area contributed by atoms with Gasteiger partial charge in [-0.3, -0.25) is 4.79 Å². The van der Waals surface area contributed by atoms with Crippen LogP contribution in [0.2, 0.25) is 0 Å². The van der Waals surface area contributed by atoms with Gasteiger partial charge in [-0.05, 0) is 18.2 Å². The van der Waals surface area contributed by atoms with Gasteiger partial charge >= 0.3 is 0 Å². The normalized spacial score (nSPS) is 10.2. The summed E-state index contributed by atoms with van der Waals surface area (Å²) >= 11 is 3.38. The summed E-state index contributed by atoms with van der Waals surface area (Å²) in [5.74, 6) is -0.190. The fourth-order valence-corrected chi connectivity index (χ4v) is 1.79. The summed E-state index contributed by atoms with van der Waals surface area (Å²) in [4.78, 5) is 13.6. The second-order valence-electron chi connectivity index (χ2n) is 3.95. The molecule has 1 amide bonds. The maximum atomic E-state index is 11.7. The highest BCUT2D eigenvalue weighted by Crippen LogP contribution is 2.27. The molecule has 0 heterocycles. The second-order valence-corrected chi connectivity index (χ2v) is 4.86. The van der Waals surface area contributed by atoms with E-state index < -0.39 is 0 Å². The van der Waals surface area contributed by atoms with E-state index in [0.717, 1.165) is 15.8 Å². The lowest BCUT2D eigenvalue weighted by atomic mass is 10.2. The smallest absolute Gasteiger partial charge is 0.250 e. The van der Waals surface area contributed by atoms with E-state index in [9.17, 15) is 4.79 Å². The molecule has 0 aliphatic rings. The number of anilines is 2. The quantitative estimate of drug-likeness (QED) is 0.779. The summed E-state index contributed by atoms with van der Waals surface area (Å²) in [5, 5.41) is 2.82. The minimum Gasteiger partial charge on any atom is -0.376 e. The van der Waals surface area contributed by atoms with Crippen molar-refractivity contribution in [3.63, 3.8) is 0 Å². The number of halogens is 1. The van der Waals surface area contributed by atoms with Crippen LogP contribution >= 0.6 is 15.9 Å². The first kappa shape index (κ1) is 14.9. The molecule has 5 nitrogen and oxygen atoms in total. The molecule has 0 aromatic heterocycles. The summed E-state index contributed by atoms with van der Waals surface area (Å²) in [6.45, 7) is 0.802. The van der Waals surface area contributed by atoms with Gasteiger partial charge in [0.05, 0.1) is 18.0 Å². The van der Waals surface area contributed by atoms with E-state index in [0.29, 0.717) is 13.2 Å². The molecule has 1 aromatic carbocycles. The highest BCUT2D eigenvalue weighted by Gasteiger charge is 2.09. The molecule has 0 unspecified atom stereocenters. The summed E-state index contributed by atoms with van der Waals surface area (Å²) in [6, 6.07) is 5.71. The third-order valence-electron chi connectivity index (χ3n) is 2.21. The Morgan fingerprint density at radius 1 is 1.50 bits per heavy atom. The van der Waals surface area contributed by atoms with Crippen LogP contribution in [0.4, 0.5) is 11.4 Å². The minimum atomic E-state index is -0.190. The first-order valence-corrected chi connectivity index (χ1v) is 6.38. The van der Waals surface area contributed by atoms with Gasteiger partial charge in [-0.1, -0.05) is 15.9 Å². The van der Waals surface area contributed by atoms with Crippen LogP contribution in [0.15, 0.2) is 22.7 Å². The Bertz CT molecular complexity index is 410. The molecular weight excluding hydrogens is 298 g/mol. The van der Waals surface area contributed by atoms with Crippen LogP contribution in [0, 0.1) is 0 Å². The number of nitrogens with zero attached hydrogens (tertiary/aromatic N) is 1. The van der Waals surface area contributed by atoms with E-state index >= 15 is 0 Å². The van der Waals surface area contributed by atoms with Gasteiger partial charge in [-0.15, -0.1) is 0 Å². The highest BCUT2D eigenvalue weighted by atomic mass is 79.9. The van der Waals surface area contributed by atoms with Crippen LogP contribution in [0.1, 0.15) is 0 Å². The van der Waals surface area contributed by atoms with Gasteiger partial charge in [-0.25, -0.2) is 0 Å². The van der Waals surface area contributed by atoms with Gasteiger partial charge in [0.15, 0.2) is 0 Å². The van der Waals surface area contributed by atoms with Gasteiger partial charge in [0.2, 0.25) is 5.91 Å². The zero-order valence-corrected chi connectivity index (χ0v) is 12.2. The van der Waals surface area contributed by atoms with Crippen molar-refractivity contribution < 1.29 is 9.53 Å². The molecular formula is C12H18BrN3O2. The fourth-order valence-electron chi connectivity index (χ4n) is 1.43. The van der Waals surface area contributed by atoms with E-state index in [1.807, 2.05) is 37.2 Å². The molecule has 0 saturated carbocycles. The van der Waals surface area contributed by atoms with Crippen molar-refractivity contribution >= 4 is 33.2 Å². The van der Waals surface area contributed by atoms with Crippen LogP contribution in [0.3, 0.4) is 0 Å². The van der Waals surface area contributed by atoms with Crippen molar-refractivity contribution in [3.05, 3.63) is 22.7 Å². The number of carbonyl (C=O) groups excluding carboxylic acids is 1. The zero-order chi connectivity index (χ0) is 13.5. The standard InChI is InChI=1S/C12H18BrN3O2/c1-16(2)11-4-3-9(13)7-10(11)15-12(17)8-18-6-5-14/h3-4,7H,5-6,8,14H2,1-2H3,(H,15,17). The highest BCUT2D eigenvalue weighted by molar-refractivity contribution is 9.10. The molecule has 0 fully saturated rings. The lowest BCUT2D eigenvalue weighted by molar-refractivity contribution is -0.120. The van der Waals surface area contributed by atoms with Crippen molar-refractivity contribution in [1.82, 2.24) is 0 Å². The molecule has 0 radical (unpaired) electrons. The topological polar surface area (TPSA) is 67.6 Å². The molecule has 0 aliphatic carbocycles. The first-order valence-electron chi connectivity index (χ1n) is 5.59. The summed E-state index contributed by atoms with van der Waals surface area (Å²) in [7, 11) is 3.84. The Hall–Kier alpha value is -1.11. The number of hydrogen-bond donors (Lipinski definition) is 2. The Morgan fingerprint density at radius 2 is 2.22 bits per heavy atom. The predicted molar refractivity (Wildman–Crippen MR) is 77.0 cm³/mol. The maximum absolute atomic E-state index is 11.7. The van der Waals surface area contributed by atoms with Crippen molar-refractivity contribution in [2.24, 2.45) is 5.73 Å². The number of carbonyl (C=O) groups is 1. The van der Waals surface area contributed by atoms with Crippen molar-refractivity contribution in [2.75, 3.05) is 44.1 Å². The summed E-state index contributed by atoms with van der Waals surface area (Å²) < 4.78 is 5.99. The fraction of sp³-hybridized carbons (Fsp3) is 0.417. The number of nitrogens with one attached hydrogen (secondary N) is 1. The number of amides is 1. The van der Waals surface area contributed by atoms with E-state index in [4.69, 9.17) is 10.5 Å². The molecule has 0 bridgehead atoms.